The Balaban J connectivity index is 1.74. The van der Waals surface area contributed by atoms with Crippen molar-refractivity contribution in [1.29, 1.82) is 0 Å². The first-order chi connectivity index (χ1) is 9.15. The molecule has 1 aromatic rings. The van der Waals surface area contributed by atoms with E-state index < -0.39 is 0 Å². The summed E-state index contributed by atoms with van der Waals surface area (Å²) in [4.78, 5) is 12.0. The maximum atomic E-state index is 12.0. The number of hydrogen-bond acceptors (Lipinski definition) is 2. The Morgan fingerprint density at radius 2 is 2.05 bits per heavy atom. The molecule has 104 valence electrons. The van der Waals surface area contributed by atoms with Gasteiger partial charge in [-0.05, 0) is 37.0 Å². The van der Waals surface area contributed by atoms with E-state index in [4.69, 9.17) is 5.73 Å². The zero-order valence-corrected chi connectivity index (χ0v) is 12.7. The van der Waals surface area contributed by atoms with Crippen molar-refractivity contribution in [2.45, 2.75) is 38.5 Å². The van der Waals surface area contributed by atoms with Crippen molar-refractivity contribution in [3.8, 4) is 0 Å². The van der Waals surface area contributed by atoms with Gasteiger partial charge in [0.25, 0.3) is 5.91 Å². The predicted molar refractivity (Wildman–Crippen MR) is 82.1 cm³/mol. The first-order valence-electron chi connectivity index (χ1n) is 6.99. The summed E-state index contributed by atoms with van der Waals surface area (Å²) in [6, 6.07) is 5.29. The zero-order valence-electron chi connectivity index (χ0n) is 11.1. The van der Waals surface area contributed by atoms with Crippen LogP contribution in [0.25, 0.3) is 0 Å². The summed E-state index contributed by atoms with van der Waals surface area (Å²) in [6.07, 6.45) is 7.82. The summed E-state index contributed by atoms with van der Waals surface area (Å²) >= 11 is 3.35. The number of nitrogens with two attached hydrogens (primary N) is 1. The van der Waals surface area contributed by atoms with Gasteiger partial charge in [0, 0.05) is 22.3 Å². The number of benzene rings is 1. The molecule has 0 atom stereocenters. The maximum absolute atomic E-state index is 12.0. The number of hydrogen-bond donors (Lipinski definition) is 2. The molecule has 1 fully saturated rings. The van der Waals surface area contributed by atoms with Crippen LogP contribution in [0.15, 0.2) is 22.7 Å². The third-order valence-electron chi connectivity index (χ3n) is 3.73. The van der Waals surface area contributed by atoms with Gasteiger partial charge in [0.1, 0.15) is 0 Å². The van der Waals surface area contributed by atoms with Crippen molar-refractivity contribution < 1.29 is 4.79 Å². The number of nitrogens with one attached hydrogen (secondary N) is 1. The monoisotopic (exact) mass is 324 g/mol. The molecule has 0 spiro atoms. The molecule has 0 aromatic heterocycles. The third-order valence-corrected chi connectivity index (χ3v) is 4.19. The second-order valence-corrected chi connectivity index (χ2v) is 6.24. The van der Waals surface area contributed by atoms with E-state index in [-0.39, 0.29) is 5.91 Å². The van der Waals surface area contributed by atoms with Crippen LogP contribution in [-0.2, 0) is 0 Å². The van der Waals surface area contributed by atoms with Gasteiger partial charge in [-0.1, -0.05) is 41.6 Å². The molecule has 3 N–H and O–H groups in total. The van der Waals surface area contributed by atoms with Gasteiger partial charge >= 0.3 is 0 Å². The van der Waals surface area contributed by atoms with Gasteiger partial charge in [-0.15, -0.1) is 0 Å². The number of rotatable bonds is 5. The minimum Gasteiger partial charge on any atom is -0.399 e. The Hall–Kier alpha value is -1.03. The Bertz CT molecular complexity index is 422. The van der Waals surface area contributed by atoms with E-state index in [2.05, 4.69) is 21.2 Å². The molecule has 0 unspecified atom stereocenters. The summed E-state index contributed by atoms with van der Waals surface area (Å²) in [5.74, 6) is 0.845. The first kappa shape index (κ1) is 14.4. The Morgan fingerprint density at radius 3 is 2.74 bits per heavy atom. The molecule has 3 nitrogen and oxygen atoms in total. The summed E-state index contributed by atoms with van der Waals surface area (Å²) in [5, 5.41) is 2.96. The van der Waals surface area contributed by atoms with E-state index in [1.807, 2.05) is 0 Å². The van der Waals surface area contributed by atoms with Gasteiger partial charge in [-0.2, -0.15) is 0 Å². The molecule has 0 heterocycles. The summed E-state index contributed by atoms with van der Waals surface area (Å²) in [5.41, 5.74) is 6.95. The van der Waals surface area contributed by atoms with Crippen molar-refractivity contribution in [1.82, 2.24) is 5.32 Å². The molecule has 1 aliphatic carbocycles. The van der Waals surface area contributed by atoms with E-state index in [1.165, 1.54) is 32.1 Å². The van der Waals surface area contributed by atoms with Gasteiger partial charge in [0.15, 0.2) is 0 Å². The average Bonchev–Trinajstić information content (AvgIpc) is 2.86. The lowest BCUT2D eigenvalue weighted by Crippen LogP contribution is -2.24. The lowest BCUT2D eigenvalue weighted by molar-refractivity contribution is 0.0952. The molecule has 1 aliphatic rings. The van der Waals surface area contributed by atoms with Crippen LogP contribution in [-0.4, -0.2) is 12.5 Å². The fourth-order valence-electron chi connectivity index (χ4n) is 2.74. The normalized spacial score (nSPS) is 15.6. The summed E-state index contributed by atoms with van der Waals surface area (Å²) < 4.78 is 0.837. The molecule has 0 aliphatic heterocycles. The highest BCUT2D eigenvalue weighted by Crippen LogP contribution is 2.28. The molecule has 0 radical (unpaired) electrons. The highest BCUT2D eigenvalue weighted by atomic mass is 79.9. The fraction of sp³-hybridized carbons (Fsp3) is 0.533. The number of nitrogen functional groups attached to an aromatic ring is 1. The summed E-state index contributed by atoms with van der Waals surface area (Å²) in [7, 11) is 0. The molecule has 1 aromatic carbocycles. The topological polar surface area (TPSA) is 55.1 Å². The van der Waals surface area contributed by atoms with Crippen LogP contribution in [0, 0.1) is 5.92 Å². The van der Waals surface area contributed by atoms with E-state index >= 15 is 0 Å². The first-order valence-corrected chi connectivity index (χ1v) is 7.79. The van der Waals surface area contributed by atoms with Crippen molar-refractivity contribution in [2.75, 3.05) is 12.3 Å². The van der Waals surface area contributed by atoms with Crippen LogP contribution in [0.2, 0.25) is 0 Å². The van der Waals surface area contributed by atoms with Crippen LogP contribution in [0.5, 0.6) is 0 Å². The predicted octanol–water partition coefficient (Wildman–Crippen LogP) is 3.73. The largest absolute Gasteiger partial charge is 0.399 e. The van der Waals surface area contributed by atoms with Crippen LogP contribution < -0.4 is 11.1 Å². The average molecular weight is 325 g/mol. The number of halogens is 1. The molecule has 1 amide bonds. The van der Waals surface area contributed by atoms with Crippen molar-refractivity contribution in [3.05, 3.63) is 28.2 Å². The summed E-state index contributed by atoms with van der Waals surface area (Å²) in [6.45, 7) is 0.752. The van der Waals surface area contributed by atoms with E-state index in [0.717, 1.165) is 23.4 Å². The third kappa shape index (κ3) is 4.53. The number of carbonyl (C=O) groups excluding carboxylic acids is 1. The lowest BCUT2D eigenvalue weighted by atomic mass is 10.0. The van der Waals surface area contributed by atoms with Crippen molar-refractivity contribution in [3.63, 3.8) is 0 Å². The van der Waals surface area contributed by atoms with Crippen molar-refractivity contribution in [2.24, 2.45) is 5.92 Å². The SMILES string of the molecule is Nc1cc(Br)cc(C(=O)NCCCC2CCCC2)c1. The van der Waals surface area contributed by atoms with Crippen molar-refractivity contribution >= 4 is 27.5 Å². The van der Waals surface area contributed by atoms with Gasteiger partial charge < -0.3 is 11.1 Å². The maximum Gasteiger partial charge on any atom is 0.251 e. The molecular formula is C15H21BrN2O. The molecule has 1 saturated carbocycles. The second kappa shape index (κ2) is 6.94. The van der Waals surface area contributed by atoms with Gasteiger partial charge in [0.05, 0.1) is 0 Å². The molecule has 19 heavy (non-hydrogen) atoms. The van der Waals surface area contributed by atoms with Crippen LogP contribution in [0.4, 0.5) is 5.69 Å². The van der Waals surface area contributed by atoms with Gasteiger partial charge in [-0.25, -0.2) is 0 Å². The fourth-order valence-corrected chi connectivity index (χ4v) is 3.25. The standard InChI is InChI=1S/C15H21BrN2O/c16-13-8-12(9-14(17)10-13)15(19)18-7-3-6-11-4-1-2-5-11/h8-11H,1-7,17H2,(H,18,19). The number of anilines is 1. The molecule has 0 bridgehead atoms. The Labute approximate surface area is 123 Å². The molecule has 0 saturated heterocycles. The quantitative estimate of drug-likeness (QED) is 0.640. The zero-order chi connectivity index (χ0) is 13.7. The molecule has 2 rings (SSSR count). The van der Waals surface area contributed by atoms with E-state index in [9.17, 15) is 4.79 Å². The highest BCUT2D eigenvalue weighted by Gasteiger charge is 2.14. The molecule has 4 heteroatoms. The molecular weight excluding hydrogens is 304 g/mol. The highest BCUT2D eigenvalue weighted by molar-refractivity contribution is 9.10. The van der Waals surface area contributed by atoms with E-state index in [1.54, 1.807) is 18.2 Å². The number of amides is 1. The second-order valence-electron chi connectivity index (χ2n) is 5.32. The lowest BCUT2D eigenvalue weighted by Gasteiger charge is -2.10. The van der Waals surface area contributed by atoms with Gasteiger partial charge in [0.2, 0.25) is 0 Å². The number of carbonyl (C=O) groups is 1. The van der Waals surface area contributed by atoms with Crippen LogP contribution in [0.1, 0.15) is 48.9 Å². The minimum atomic E-state index is -0.0422. The Morgan fingerprint density at radius 1 is 1.32 bits per heavy atom. The van der Waals surface area contributed by atoms with Crippen LogP contribution >= 0.6 is 15.9 Å². The Kier molecular flexibility index (Phi) is 5.25. The minimum absolute atomic E-state index is 0.0422. The van der Waals surface area contributed by atoms with E-state index in [0.29, 0.717) is 11.3 Å². The van der Waals surface area contributed by atoms with Crippen LogP contribution in [0.3, 0.4) is 0 Å². The van der Waals surface area contributed by atoms with Gasteiger partial charge in [-0.3, -0.25) is 4.79 Å². The smallest absolute Gasteiger partial charge is 0.251 e.